The van der Waals surface area contributed by atoms with Crippen molar-refractivity contribution in [3.05, 3.63) is 29.8 Å². The van der Waals surface area contributed by atoms with Crippen LogP contribution in [0.15, 0.2) is 24.3 Å². The number of rotatable bonds is 5. The Kier molecular flexibility index (Phi) is 4.80. The Labute approximate surface area is 114 Å². The van der Waals surface area contributed by atoms with Crippen molar-refractivity contribution in [2.24, 2.45) is 5.73 Å². The van der Waals surface area contributed by atoms with E-state index < -0.39 is 0 Å². The van der Waals surface area contributed by atoms with Gasteiger partial charge in [0, 0.05) is 18.3 Å². The van der Waals surface area contributed by atoms with Crippen molar-refractivity contribution in [3.63, 3.8) is 0 Å². The highest BCUT2D eigenvalue weighted by Crippen LogP contribution is 2.23. The smallest absolute Gasteiger partial charge is 0.221 e. The Morgan fingerprint density at radius 1 is 1.47 bits per heavy atom. The van der Waals surface area contributed by atoms with Crippen molar-refractivity contribution in [2.45, 2.75) is 44.8 Å². The summed E-state index contributed by atoms with van der Waals surface area (Å²) in [6, 6.07) is 8.28. The minimum absolute atomic E-state index is 0.281. The summed E-state index contributed by atoms with van der Waals surface area (Å²) < 4.78 is 5.68. The highest BCUT2D eigenvalue weighted by molar-refractivity contribution is 5.78. The first-order chi connectivity index (χ1) is 9.19. The van der Waals surface area contributed by atoms with E-state index in [0.29, 0.717) is 12.1 Å². The van der Waals surface area contributed by atoms with Crippen LogP contribution in [0, 0.1) is 0 Å². The van der Waals surface area contributed by atoms with Crippen LogP contribution in [-0.4, -0.2) is 24.7 Å². The number of primary amides is 1. The second-order valence-electron chi connectivity index (χ2n) is 5.07. The number of hydrogen-bond donors (Lipinski definition) is 2. The van der Waals surface area contributed by atoms with Gasteiger partial charge in [-0.2, -0.15) is 0 Å². The standard InChI is InChI=1S/C15H22N2O2/c1-2-13-10-12(7-8-19-13)17-14-6-4-3-5-11(14)9-15(16)18/h3-6,12-13,17H,2,7-10H2,1H3,(H2,16,18). The lowest BCUT2D eigenvalue weighted by Gasteiger charge is -2.30. The fourth-order valence-electron chi connectivity index (χ4n) is 2.52. The Balaban J connectivity index is 2.03. The maximum Gasteiger partial charge on any atom is 0.221 e. The molecule has 1 aliphatic rings. The SMILES string of the molecule is CCC1CC(Nc2ccccc2CC(N)=O)CCO1. The number of para-hydroxylation sites is 1. The maximum absolute atomic E-state index is 11.1. The van der Waals surface area contributed by atoms with Crippen LogP contribution < -0.4 is 11.1 Å². The lowest BCUT2D eigenvalue weighted by Crippen LogP contribution is -2.34. The van der Waals surface area contributed by atoms with Gasteiger partial charge in [-0.1, -0.05) is 25.1 Å². The van der Waals surface area contributed by atoms with Crippen molar-refractivity contribution in [2.75, 3.05) is 11.9 Å². The van der Waals surface area contributed by atoms with E-state index in [1.165, 1.54) is 0 Å². The molecule has 1 amide bonds. The molecule has 0 aromatic heterocycles. The summed E-state index contributed by atoms with van der Waals surface area (Å²) in [4.78, 5) is 11.1. The number of nitrogens with two attached hydrogens (primary N) is 1. The van der Waals surface area contributed by atoms with Crippen LogP contribution >= 0.6 is 0 Å². The number of amides is 1. The van der Waals surface area contributed by atoms with Gasteiger partial charge >= 0.3 is 0 Å². The van der Waals surface area contributed by atoms with Gasteiger partial charge in [-0.05, 0) is 30.9 Å². The number of anilines is 1. The number of benzene rings is 1. The zero-order valence-electron chi connectivity index (χ0n) is 11.4. The van der Waals surface area contributed by atoms with Crippen LogP contribution in [0.3, 0.4) is 0 Å². The van der Waals surface area contributed by atoms with Crippen LogP contribution in [0.1, 0.15) is 31.7 Å². The molecule has 1 fully saturated rings. The second kappa shape index (κ2) is 6.57. The molecule has 0 aliphatic carbocycles. The highest BCUT2D eigenvalue weighted by atomic mass is 16.5. The number of ether oxygens (including phenoxy) is 1. The summed E-state index contributed by atoms with van der Waals surface area (Å²) in [5.41, 5.74) is 7.27. The van der Waals surface area contributed by atoms with E-state index in [1.807, 2.05) is 24.3 Å². The first kappa shape index (κ1) is 13.9. The van der Waals surface area contributed by atoms with Crippen LogP contribution in [0.4, 0.5) is 5.69 Å². The first-order valence-corrected chi connectivity index (χ1v) is 6.93. The van der Waals surface area contributed by atoms with Crippen molar-refractivity contribution < 1.29 is 9.53 Å². The largest absolute Gasteiger partial charge is 0.382 e. The van der Waals surface area contributed by atoms with Gasteiger partial charge in [0.2, 0.25) is 5.91 Å². The third-order valence-electron chi connectivity index (χ3n) is 3.56. The normalized spacial score (nSPS) is 23.0. The Hall–Kier alpha value is -1.55. The maximum atomic E-state index is 11.1. The molecule has 1 aromatic carbocycles. The van der Waals surface area contributed by atoms with E-state index in [4.69, 9.17) is 10.5 Å². The van der Waals surface area contributed by atoms with E-state index in [9.17, 15) is 4.79 Å². The van der Waals surface area contributed by atoms with Crippen molar-refractivity contribution >= 4 is 11.6 Å². The molecule has 19 heavy (non-hydrogen) atoms. The summed E-state index contributed by atoms with van der Waals surface area (Å²) in [5.74, 6) is -0.298. The van der Waals surface area contributed by atoms with Gasteiger partial charge in [0.1, 0.15) is 0 Å². The van der Waals surface area contributed by atoms with Gasteiger partial charge in [0.15, 0.2) is 0 Å². The summed E-state index contributed by atoms with van der Waals surface area (Å²) >= 11 is 0. The lowest BCUT2D eigenvalue weighted by molar-refractivity contribution is -0.117. The molecule has 104 valence electrons. The monoisotopic (exact) mass is 262 g/mol. The van der Waals surface area contributed by atoms with E-state index in [2.05, 4.69) is 12.2 Å². The van der Waals surface area contributed by atoms with Gasteiger partial charge < -0.3 is 15.8 Å². The van der Waals surface area contributed by atoms with E-state index in [0.717, 1.165) is 37.1 Å². The fraction of sp³-hybridized carbons (Fsp3) is 0.533. The molecule has 0 bridgehead atoms. The molecule has 0 radical (unpaired) electrons. The summed E-state index contributed by atoms with van der Waals surface area (Å²) in [6.45, 7) is 2.95. The highest BCUT2D eigenvalue weighted by Gasteiger charge is 2.21. The summed E-state index contributed by atoms with van der Waals surface area (Å²) in [6.07, 6.45) is 3.68. The molecule has 1 saturated heterocycles. The fourth-order valence-corrected chi connectivity index (χ4v) is 2.52. The number of carbonyl (C=O) groups is 1. The van der Waals surface area contributed by atoms with Gasteiger partial charge in [0.25, 0.3) is 0 Å². The van der Waals surface area contributed by atoms with Crippen molar-refractivity contribution in [3.8, 4) is 0 Å². The molecule has 0 saturated carbocycles. The molecular weight excluding hydrogens is 240 g/mol. The molecular formula is C15H22N2O2. The van der Waals surface area contributed by atoms with E-state index >= 15 is 0 Å². The predicted octanol–water partition coefficient (Wildman–Crippen LogP) is 2.08. The summed E-state index contributed by atoms with van der Waals surface area (Å²) in [7, 11) is 0. The lowest BCUT2D eigenvalue weighted by atomic mass is 10.00. The average Bonchev–Trinajstić information content (AvgIpc) is 2.41. The van der Waals surface area contributed by atoms with Gasteiger partial charge in [-0.25, -0.2) is 0 Å². The molecule has 1 aliphatic heterocycles. The Morgan fingerprint density at radius 3 is 3.00 bits per heavy atom. The van der Waals surface area contributed by atoms with E-state index in [-0.39, 0.29) is 12.3 Å². The molecule has 2 atom stereocenters. The van der Waals surface area contributed by atoms with Crippen LogP contribution in [0.25, 0.3) is 0 Å². The minimum atomic E-state index is -0.298. The molecule has 2 rings (SSSR count). The predicted molar refractivity (Wildman–Crippen MR) is 76.0 cm³/mol. The number of carbonyl (C=O) groups excluding carboxylic acids is 1. The van der Waals surface area contributed by atoms with Gasteiger partial charge in [0.05, 0.1) is 12.5 Å². The average molecular weight is 262 g/mol. The van der Waals surface area contributed by atoms with Crippen LogP contribution in [0.5, 0.6) is 0 Å². The summed E-state index contributed by atoms with van der Waals surface area (Å²) in [5, 5.41) is 3.53. The first-order valence-electron chi connectivity index (χ1n) is 6.93. The Bertz CT molecular complexity index is 434. The third-order valence-corrected chi connectivity index (χ3v) is 3.56. The third kappa shape index (κ3) is 3.96. The molecule has 4 heteroatoms. The van der Waals surface area contributed by atoms with Crippen LogP contribution in [-0.2, 0) is 16.0 Å². The molecule has 2 unspecified atom stereocenters. The van der Waals surface area contributed by atoms with E-state index in [1.54, 1.807) is 0 Å². The second-order valence-corrected chi connectivity index (χ2v) is 5.07. The molecule has 1 heterocycles. The zero-order chi connectivity index (χ0) is 13.7. The van der Waals surface area contributed by atoms with Crippen molar-refractivity contribution in [1.29, 1.82) is 0 Å². The molecule has 1 aromatic rings. The molecule has 4 nitrogen and oxygen atoms in total. The zero-order valence-corrected chi connectivity index (χ0v) is 11.4. The topological polar surface area (TPSA) is 64.3 Å². The minimum Gasteiger partial charge on any atom is -0.382 e. The van der Waals surface area contributed by atoms with Crippen LogP contribution in [0.2, 0.25) is 0 Å². The van der Waals surface area contributed by atoms with Gasteiger partial charge in [-0.15, -0.1) is 0 Å². The molecule has 0 spiro atoms. The quantitative estimate of drug-likeness (QED) is 0.854. The number of hydrogen-bond acceptors (Lipinski definition) is 3. The molecule has 3 N–H and O–H groups in total. The van der Waals surface area contributed by atoms with Crippen molar-refractivity contribution in [1.82, 2.24) is 0 Å². The Morgan fingerprint density at radius 2 is 2.26 bits per heavy atom. The number of nitrogens with one attached hydrogen (secondary N) is 1. The van der Waals surface area contributed by atoms with Gasteiger partial charge in [-0.3, -0.25) is 4.79 Å².